The molecule has 0 spiro atoms. The predicted octanol–water partition coefficient (Wildman–Crippen LogP) is 2.89. The topological polar surface area (TPSA) is 52.0 Å². The van der Waals surface area contributed by atoms with Gasteiger partial charge in [-0.2, -0.15) is 10.1 Å². The van der Waals surface area contributed by atoms with Crippen molar-refractivity contribution in [3.8, 4) is 5.75 Å². The molecule has 0 aliphatic carbocycles. The van der Waals surface area contributed by atoms with E-state index in [1.807, 2.05) is 0 Å². The molecule has 1 aliphatic rings. The molecule has 3 rings (SSSR count). The lowest BCUT2D eigenvalue weighted by molar-refractivity contribution is -0.274. The number of benzene rings is 1. The molecule has 0 amide bonds. The molecule has 0 fully saturated rings. The molecule has 1 atom stereocenters. The van der Waals surface area contributed by atoms with E-state index in [1.165, 1.54) is 12.1 Å². The maximum atomic E-state index is 12.1. The zero-order chi connectivity index (χ0) is 15.0. The fraction of sp³-hybridized carbons (Fsp3) is 0.385. The van der Waals surface area contributed by atoms with Gasteiger partial charge in [0.2, 0.25) is 5.95 Å². The standard InChI is InChI=1S/C13H13F3N4O/c1-8-18-12-17-7-6-11(20(12)19-8)9-2-4-10(5-3-9)21-13(14,15)16/h2-5,11H,6-7H2,1H3,(H,17,18,19). The lowest BCUT2D eigenvalue weighted by Crippen LogP contribution is -2.24. The number of halogens is 3. The van der Waals surface area contributed by atoms with Crippen LogP contribution in [-0.4, -0.2) is 27.7 Å². The van der Waals surface area contributed by atoms with Gasteiger partial charge < -0.3 is 10.1 Å². The fourth-order valence-corrected chi connectivity index (χ4v) is 2.41. The first kappa shape index (κ1) is 13.7. The monoisotopic (exact) mass is 298 g/mol. The van der Waals surface area contributed by atoms with E-state index in [0.29, 0.717) is 11.8 Å². The van der Waals surface area contributed by atoms with Crippen LogP contribution >= 0.6 is 0 Å². The van der Waals surface area contributed by atoms with Gasteiger partial charge in [0.25, 0.3) is 0 Å². The summed E-state index contributed by atoms with van der Waals surface area (Å²) >= 11 is 0. The third-order valence-electron chi connectivity index (χ3n) is 3.23. The summed E-state index contributed by atoms with van der Waals surface area (Å²) in [5.41, 5.74) is 0.872. The van der Waals surface area contributed by atoms with Gasteiger partial charge in [0.1, 0.15) is 11.6 Å². The lowest BCUT2D eigenvalue weighted by Gasteiger charge is -2.24. The Morgan fingerprint density at radius 3 is 2.67 bits per heavy atom. The number of aromatic nitrogens is 3. The van der Waals surface area contributed by atoms with E-state index in [1.54, 1.807) is 23.7 Å². The van der Waals surface area contributed by atoms with Crippen LogP contribution in [0.3, 0.4) is 0 Å². The van der Waals surface area contributed by atoms with Crippen LogP contribution in [0.15, 0.2) is 24.3 Å². The summed E-state index contributed by atoms with van der Waals surface area (Å²) in [5.74, 6) is 1.11. The number of hydrogen-bond donors (Lipinski definition) is 1. The van der Waals surface area contributed by atoms with Crippen LogP contribution in [0.2, 0.25) is 0 Å². The van der Waals surface area contributed by atoms with Crippen molar-refractivity contribution in [3.05, 3.63) is 35.7 Å². The van der Waals surface area contributed by atoms with Crippen LogP contribution in [0.1, 0.15) is 23.9 Å². The maximum Gasteiger partial charge on any atom is 0.573 e. The molecule has 5 nitrogen and oxygen atoms in total. The smallest absolute Gasteiger partial charge is 0.406 e. The van der Waals surface area contributed by atoms with Gasteiger partial charge in [-0.25, -0.2) is 4.68 Å². The Bertz CT molecular complexity index is 636. The molecule has 21 heavy (non-hydrogen) atoms. The molecular formula is C13H13F3N4O. The van der Waals surface area contributed by atoms with Crippen molar-refractivity contribution < 1.29 is 17.9 Å². The van der Waals surface area contributed by atoms with Gasteiger partial charge in [-0.1, -0.05) is 12.1 Å². The zero-order valence-electron chi connectivity index (χ0n) is 11.2. The van der Waals surface area contributed by atoms with Gasteiger partial charge in [-0.3, -0.25) is 0 Å². The lowest BCUT2D eigenvalue weighted by atomic mass is 10.0. The normalized spacial score (nSPS) is 18.0. The van der Waals surface area contributed by atoms with E-state index in [2.05, 4.69) is 20.1 Å². The Kier molecular flexibility index (Phi) is 3.23. The Morgan fingerprint density at radius 1 is 1.29 bits per heavy atom. The van der Waals surface area contributed by atoms with Gasteiger partial charge >= 0.3 is 6.36 Å². The number of anilines is 1. The largest absolute Gasteiger partial charge is 0.573 e. The van der Waals surface area contributed by atoms with E-state index in [9.17, 15) is 13.2 Å². The van der Waals surface area contributed by atoms with Gasteiger partial charge in [0.15, 0.2) is 0 Å². The van der Waals surface area contributed by atoms with Crippen molar-refractivity contribution in [1.82, 2.24) is 14.8 Å². The fourth-order valence-electron chi connectivity index (χ4n) is 2.41. The molecule has 0 saturated heterocycles. The third kappa shape index (κ3) is 2.93. The predicted molar refractivity (Wildman–Crippen MR) is 69.1 cm³/mol. The molecule has 1 aromatic carbocycles. The SMILES string of the molecule is Cc1nc2n(n1)C(c1ccc(OC(F)(F)F)cc1)CCN2. The van der Waals surface area contributed by atoms with Gasteiger partial charge in [-0.05, 0) is 31.0 Å². The molecule has 112 valence electrons. The first-order chi connectivity index (χ1) is 9.92. The summed E-state index contributed by atoms with van der Waals surface area (Å²) in [6.07, 6.45) is -3.89. The first-order valence-electron chi connectivity index (χ1n) is 6.45. The van der Waals surface area contributed by atoms with E-state index in [-0.39, 0.29) is 11.8 Å². The van der Waals surface area contributed by atoms with Gasteiger partial charge in [0, 0.05) is 6.54 Å². The molecule has 1 aromatic heterocycles. The number of fused-ring (bicyclic) bond motifs is 1. The molecule has 0 bridgehead atoms. The summed E-state index contributed by atoms with van der Waals surface area (Å²) in [4.78, 5) is 4.26. The van der Waals surface area contributed by atoms with Crippen molar-refractivity contribution in [3.63, 3.8) is 0 Å². The van der Waals surface area contributed by atoms with Crippen LogP contribution in [0.25, 0.3) is 0 Å². The van der Waals surface area contributed by atoms with E-state index in [4.69, 9.17) is 0 Å². The highest BCUT2D eigenvalue weighted by atomic mass is 19.4. The van der Waals surface area contributed by atoms with Crippen molar-refractivity contribution in [2.24, 2.45) is 0 Å². The van der Waals surface area contributed by atoms with Crippen molar-refractivity contribution in [1.29, 1.82) is 0 Å². The minimum Gasteiger partial charge on any atom is -0.406 e. The maximum absolute atomic E-state index is 12.1. The highest BCUT2D eigenvalue weighted by Gasteiger charge is 2.31. The first-order valence-corrected chi connectivity index (χ1v) is 6.45. The van der Waals surface area contributed by atoms with Crippen LogP contribution in [-0.2, 0) is 0 Å². The minimum atomic E-state index is -4.67. The number of nitrogens with one attached hydrogen (secondary N) is 1. The quantitative estimate of drug-likeness (QED) is 0.926. The van der Waals surface area contributed by atoms with Crippen molar-refractivity contribution in [2.45, 2.75) is 25.7 Å². The second-order valence-electron chi connectivity index (χ2n) is 4.78. The molecule has 0 radical (unpaired) electrons. The average Bonchev–Trinajstić information content (AvgIpc) is 2.78. The minimum absolute atomic E-state index is 0.0395. The van der Waals surface area contributed by atoms with E-state index >= 15 is 0 Å². The zero-order valence-corrected chi connectivity index (χ0v) is 11.2. The molecule has 2 heterocycles. The summed E-state index contributed by atoms with van der Waals surface area (Å²) < 4.78 is 42.1. The summed E-state index contributed by atoms with van der Waals surface area (Å²) in [7, 11) is 0. The molecule has 1 N–H and O–H groups in total. The summed E-state index contributed by atoms with van der Waals surface area (Å²) in [6, 6.07) is 5.83. The number of ether oxygens (including phenoxy) is 1. The molecule has 1 aliphatic heterocycles. The molecule has 2 aromatic rings. The number of nitrogens with zero attached hydrogens (tertiary/aromatic N) is 3. The Labute approximate surface area is 118 Å². The number of alkyl halides is 3. The molecule has 1 unspecified atom stereocenters. The number of hydrogen-bond acceptors (Lipinski definition) is 4. The van der Waals surface area contributed by atoms with Crippen molar-refractivity contribution >= 4 is 5.95 Å². The molecule has 8 heteroatoms. The van der Waals surface area contributed by atoms with Crippen LogP contribution in [0.5, 0.6) is 5.75 Å². The van der Waals surface area contributed by atoms with Gasteiger partial charge in [-0.15, -0.1) is 13.2 Å². The third-order valence-corrected chi connectivity index (χ3v) is 3.23. The van der Waals surface area contributed by atoms with Crippen LogP contribution in [0.4, 0.5) is 19.1 Å². The average molecular weight is 298 g/mol. The molecular weight excluding hydrogens is 285 g/mol. The van der Waals surface area contributed by atoms with Crippen molar-refractivity contribution in [2.75, 3.05) is 11.9 Å². The number of rotatable bonds is 2. The summed E-state index contributed by atoms with van der Waals surface area (Å²) in [5, 5.41) is 7.46. The second kappa shape index (κ2) is 4.94. The Morgan fingerprint density at radius 2 is 2.00 bits per heavy atom. The van der Waals surface area contributed by atoms with E-state index in [0.717, 1.165) is 18.5 Å². The van der Waals surface area contributed by atoms with Gasteiger partial charge in [0.05, 0.1) is 6.04 Å². The van der Waals surface area contributed by atoms with Crippen LogP contribution in [0, 0.1) is 6.92 Å². The highest BCUT2D eigenvalue weighted by Crippen LogP contribution is 2.30. The number of aryl methyl sites for hydroxylation is 1. The highest BCUT2D eigenvalue weighted by molar-refractivity contribution is 5.35. The Hall–Kier alpha value is -2.25. The van der Waals surface area contributed by atoms with Crippen LogP contribution < -0.4 is 10.1 Å². The summed E-state index contributed by atoms with van der Waals surface area (Å²) in [6.45, 7) is 2.54. The second-order valence-corrected chi connectivity index (χ2v) is 4.78. The Balaban J connectivity index is 1.85. The van der Waals surface area contributed by atoms with E-state index < -0.39 is 6.36 Å². The molecule has 0 saturated carbocycles.